The Balaban J connectivity index is 1.35. The van der Waals surface area contributed by atoms with Gasteiger partial charge in [-0.1, -0.05) is 53.8 Å². The molecule has 7 rings (SSSR count). The fourth-order valence-electron chi connectivity index (χ4n) is 6.07. The lowest BCUT2D eigenvalue weighted by Crippen LogP contribution is -2.38. The van der Waals surface area contributed by atoms with Crippen molar-refractivity contribution < 1.29 is 23.4 Å². The lowest BCUT2D eigenvalue weighted by molar-refractivity contribution is 0.0526. The first-order chi connectivity index (χ1) is 22.0. The molecule has 0 saturated carbocycles. The molecule has 8 nitrogen and oxygen atoms in total. The lowest BCUT2D eigenvalue weighted by Gasteiger charge is -2.31. The highest BCUT2D eigenvalue weighted by Crippen LogP contribution is 2.42. The number of ether oxygens (including phenoxy) is 3. The molecule has 1 aliphatic carbocycles. The van der Waals surface area contributed by atoms with Crippen molar-refractivity contribution in [2.24, 2.45) is 4.99 Å². The largest absolute Gasteiger partial charge is 0.493 e. The van der Waals surface area contributed by atoms with Crippen molar-refractivity contribution >= 4 is 29.1 Å². The van der Waals surface area contributed by atoms with Crippen molar-refractivity contribution in [3.63, 3.8) is 0 Å². The zero-order chi connectivity index (χ0) is 31.1. The summed E-state index contributed by atoms with van der Waals surface area (Å²) in [5, 5.41) is 0. The van der Waals surface area contributed by atoms with Gasteiger partial charge in [0, 0.05) is 17.2 Å². The fraction of sp³-hybridized carbons (Fsp3) is 0.194. The first kappa shape index (κ1) is 28.6. The number of allylic oxidation sites excluding steroid dienone is 1. The number of rotatable bonds is 7. The molecule has 0 fully saturated rings. The standard InChI is InChI=1S/C36H30N2O6S/c1-4-43-35(40)24-10-7-9-22(18-24)28-17-14-25(44-28)20-31-34(39)38-33(23-13-16-29(41-2)30(19-23)42-3)27-15-12-21-8-5-6-11-26(21)32(27)37-36(38)45-31/h5-11,13-14,16-20,33H,4,12,15H2,1-3H3/b31-20-/t33-/m0/s1. The molecule has 0 unspecified atom stereocenters. The van der Waals surface area contributed by atoms with E-state index in [1.807, 2.05) is 42.5 Å². The van der Waals surface area contributed by atoms with E-state index in [1.165, 1.54) is 16.9 Å². The van der Waals surface area contributed by atoms with Gasteiger partial charge < -0.3 is 18.6 Å². The highest BCUT2D eigenvalue weighted by atomic mass is 32.1. The number of aryl methyl sites for hydroxylation is 1. The lowest BCUT2D eigenvalue weighted by atomic mass is 9.83. The molecule has 3 aromatic carbocycles. The molecular formula is C36H30N2O6S. The van der Waals surface area contributed by atoms with Crippen molar-refractivity contribution in [3.8, 4) is 22.8 Å². The third-order valence-electron chi connectivity index (χ3n) is 8.15. The molecule has 226 valence electrons. The average Bonchev–Trinajstić information content (AvgIpc) is 3.67. The van der Waals surface area contributed by atoms with Crippen LogP contribution in [-0.2, 0) is 11.2 Å². The number of thiazole rings is 1. The number of aromatic nitrogens is 1. The van der Waals surface area contributed by atoms with Crippen LogP contribution in [0.4, 0.5) is 0 Å². The van der Waals surface area contributed by atoms with E-state index in [0.29, 0.717) is 44.5 Å². The first-order valence-electron chi connectivity index (χ1n) is 14.7. The van der Waals surface area contributed by atoms with Crippen LogP contribution in [0.3, 0.4) is 0 Å². The van der Waals surface area contributed by atoms with Gasteiger partial charge in [-0.3, -0.25) is 9.36 Å². The Kier molecular flexibility index (Phi) is 7.47. The van der Waals surface area contributed by atoms with Crippen LogP contribution < -0.4 is 24.4 Å². The summed E-state index contributed by atoms with van der Waals surface area (Å²) in [7, 11) is 3.22. The third kappa shape index (κ3) is 5.09. The molecular weight excluding hydrogens is 588 g/mol. The fourth-order valence-corrected chi connectivity index (χ4v) is 7.05. The zero-order valence-electron chi connectivity index (χ0n) is 25.0. The Morgan fingerprint density at radius 2 is 1.84 bits per heavy atom. The molecule has 0 saturated heterocycles. The Hall–Kier alpha value is -5.15. The third-order valence-corrected chi connectivity index (χ3v) is 9.14. The number of methoxy groups -OCH3 is 2. The molecule has 1 aliphatic heterocycles. The number of hydrogen-bond acceptors (Lipinski definition) is 8. The number of carbonyl (C=O) groups is 1. The highest BCUT2D eigenvalue weighted by Gasteiger charge is 2.33. The van der Waals surface area contributed by atoms with Gasteiger partial charge in [0.2, 0.25) is 0 Å². The van der Waals surface area contributed by atoms with Crippen molar-refractivity contribution in [1.29, 1.82) is 0 Å². The monoisotopic (exact) mass is 618 g/mol. The Morgan fingerprint density at radius 1 is 1.00 bits per heavy atom. The van der Waals surface area contributed by atoms with Crippen LogP contribution in [0.5, 0.6) is 11.5 Å². The molecule has 5 aromatic rings. The number of fused-ring (bicyclic) bond motifs is 3. The molecule has 0 spiro atoms. The molecule has 9 heteroatoms. The van der Waals surface area contributed by atoms with E-state index >= 15 is 0 Å². The number of furan rings is 1. The number of carbonyl (C=O) groups excluding carboxylic acids is 1. The van der Waals surface area contributed by atoms with Crippen LogP contribution in [-0.4, -0.2) is 31.4 Å². The maximum Gasteiger partial charge on any atom is 0.338 e. The highest BCUT2D eigenvalue weighted by molar-refractivity contribution is 7.07. The maximum absolute atomic E-state index is 14.2. The first-order valence-corrected chi connectivity index (χ1v) is 15.5. The summed E-state index contributed by atoms with van der Waals surface area (Å²) in [5.41, 5.74) is 6.33. The molecule has 0 amide bonds. The van der Waals surface area contributed by atoms with Crippen molar-refractivity contribution in [3.05, 3.63) is 132 Å². The van der Waals surface area contributed by atoms with Gasteiger partial charge in [-0.05, 0) is 72.9 Å². The summed E-state index contributed by atoms with van der Waals surface area (Å²) >= 11 is 1.34. The van der Waals surface area contributed by atoms with Crippen molar-refractivity contribution in [1.82, 2.24) is 4.57 Å². The minimum Gasteiger partial charge on any atom is -0.493 e. The van der Waals surface area contributed by atoms with Crippen LogP contribution in [0.25, 0.3) is 23.1 Å². The van der Waals surface area contributed by atoms with Crippen LogP contribution in [0, 0.1) is 0 Å². The van der Waals surface area contributed by atoms with E-state index in [2.05, 4.69) is 18.2 Å². The predicted molar refractivity (Wildman–Crippen MR) is 172 cm³/mol. The molecule has 0 radical (unpaired) electrons. The Bertz CT molecular complexity index is 2170. The predicted octanol–water partition coefficient (Wildman–Crippen LogP) is 5.77. The van der Waals surface area contributed by atoms with Crippen LogP contribution in [0.2, 0.25) is 0 Å². The van der Waals surface area contributed by atoms with Gasteiger partial charge in [0.25, 0.3) is 5.56 Å². The minimum atomic E-state index is -0.387. The molecule has 0 bridgehead atoms. The molecule has 2 aromatic heterocycles. The summed E-state index contributed by atoms with van der Waals surface area (Å²) < 4.78 is 24.7. The van der Waals surface area contributed by atoms with E-state index < -0.39 is 0 Å². The molecule has 0 N–H and O–H groups in total. The topological polar surface area (TPSA) is 92.3 Å². The van der Waals surface area contributed by atoms with E-state index in [9.17, 15) is 9.59 Å². The van der Waals surface area contributed by atoms with Crippen LogP contribution >= 0.6 is 11.3 Å². The summed E-state index contributed by atoms with van der Waals surface area (Å²) in [4.78, 5) is 32.1. The van der Waals surface area contributed by atoms with E-state index in [0.717, 1.165) is 40.8 Å². The van der Waals surface area contributed by atoms with E-state index in [1.54, 1.807) is 50.0 Å². The van der Waals surface area contributed by atoms with Gasteiger partial charge in [-0.25, -0.2) is 9.79 Å². The van der Waals surface area contributed by atoms with Crippen molar-refractivity contribution in [2.45, 2.75) is 25.8 Å². The Labute approximate surface area is 263 Å². The molecule has 1 atom stereocenters. The summed E-state index contributed by atoms with van der Waals surface area (Å²) in [6.07, 6.45) is 3.40. The second-order valence-corrected chi connectivity index (χ2v) is 11.7. The number of hydrogen-bond donors (Lipinski definition) is 0. The maximum atomic E-state index is 14.2. The van der Waals surface area contributed by atoms with Crippen LogP contribution in [0.15, 0.2) is 98.6 Å². The smallest absolute Gasteiger partial charge is 0.338 e. The van der Waals surface area contributed by atoms with Gasteiger partial charge in [0.1, 0.15) is 11.5 Å². The number of esters is 1. The number of benzene rings is 3. The summed E-state index contributed by atoms with van der Waals surface area (Å²) in [6, 6.07) is 24.5. The van der Waals surface area contributed by atoms with E-state index in [-0.39, 0.29) is 17.6 Å². The number of nitrogens with zero attached hydrogens (tertiary/aromatic N) is 2. The van der Waals surface area contributed by atoms with Crippen molar-refractivity contribution in [2.75, 3.05) is 20.8 Å². The quantitative estimate of drug-likeness (QED) is 0.215. The average molecular weight is 619 g/mol. The Morgan fingerprint density at radius 3 is 2.67 bits per heavy atom. The van der Waals surface area contributed by atoms with Gasteiger partial charge in [0.05, 0.1) is 42.7 Å². The molecule has 3 heterocycles. The second-order valence-electron chi connectivity index (χ2n) is 10.7. The molecule has 45 heavy (non-hydrogen) atoms. The van der Waals surface area contributed by atoms with Crippen LogP contribution in [0.1, 0.15) is 52.2 Å². The minimum absolute atomic E-state index is 0.147. The van der Waals surface area contributed by atoms with Gasteiger partial charge in [-0.15, -0.1) is 0 Å². The van der Waals surface area contributed by atoms with E-state index in [4.69, 9.17) is 23.6 Å². The summed E-state index contributed by atoms with van der Waals surface area (Å²) in [5.74, 6) is 1.94. The normalized spacial score (nSPS) is 15.5. The zero-order valence-corrected chi connectivity index (χ0v) is 25.9. The van der Waals surface area contributed by atoms with Gasteiger partial charge >= 0.3 is 5.97 Å². The second kappa shape index (κ2) is 11.7. The van der Waals surface area contributed by atoms with Gasteiger partial charge in [0.15, 0.2) is 16.3 Å². The van der Waals surface area contributed by atoms with Gasteiger partial charge in [-0.2, -0.15) is 0 Å². The SMILES string of the molecule is CCOC(=O)c1cccc(-c2ccc(/C=c3\sc4n(c3=O)[C@@H](c3ccc(OC)c(OC)c3)C3=C(N=4)c4ccccc4CC3)o2)c1. The summed E-state index contributed by atoms with van der Waals surface area (Å²) in [6.45, 7) is 2.07. The molecule has 2 aliphatic rings.